The highest BCUT2D eigenvalue weighted by Gasteiger charge is 2.21. The number of rotatable bonds is 5. The van der Waals surface area contributed by atoms with Crippen molar-refractivity contribution in [2.24, 2.45) is 0 Å². The summed E-state index contributed by atoms with van der Waals surface area (Å²) in [6.45, 7) is 2.66. The molecule has 0 saturated carbocycles. The maximum Gasteiger partial charge on any atom is 0.286 e. The third kappa shape index (κ3) is 4.34. The highest BCUT2D eigenvalue weighted by molar-refractivity contribution is 7.13. The Balaban J connectivity index is 1.58. The van der Waals surface area contributed by atoms with E-state index in [-0.39, 0.29) is 12.0 Å². The Bertz CT molecular complexity index is 647. The Morgan fingerprint density at radius 1 is 1.39 bits per heavy atom. The minimum absolute atomic E-state index is 0.214. The quantitative estimate of drug-likeness (QED) is 0.911. The van der Waals surface area contributed by atoms with Crippen molar-refractivity contribution in [1.82, 2.24) is 15.1 Å². The number of anilines is 1. The van der Waals surface area contributed by atoms with Crippen LogP contribution in [-0.4, -0.2) is 47.3 Å². The maximum absolute atomic E-state index is 12.2. The Hall–Kier alpha value is -1.83. The topological polar surface area (TPSA) is 67.3 Å². The number of carbonyl (C=O) groups excluding carboxylic acids is 1. The van der Waals surface area contributed by atoms with Crippen molar-refractivity contribution < 1.29 is 9.53 Å². The Morgan fingerprint density at radius 3 is 3.00 bits per heavy atom. The zero-order chi connectivity index (χ0) is 16.1. The third-order valence-corrected chi connectivity index (χ3v) is 4.75. The first-order valence-corrected chi connectivity index (χ1v) is 8.50. The van der Waals surface area contributed by atoms with Gasteiger partial charge in [-0.15, -0.1) is 10.2 Å². The molecule has 2 aromatic rings. The smallest absolute Gasteiger partial charge is 0.286 e. The molecule has 1 aliphatic heterocycles. The van der Waals surface area contributed by atoms with Crippen molar-refractivity contribution in [2.75, 3.05) is 25.5 Å². The lowest BCUT2D eigenvalue weighted by atomic mass is 10.1. The third-order valence-electron chi connectivity index (χ3n) is 3.85. The van der Waals surface area contributed by atoms with E-state index in [1.54, 1.807) is 7.11 Å². The summed E-state index contributed by atoms with van der Waals surface area (Å²) in [4.78, 5) is 14.5. The van der Waals surface area contributed by atoms with E-state index in [4.69, 9.17) is 4.74 Å². The van der Waals surface area contributed by atoms with Gasteiger partial charge >= 0.3 is 0 Å². The molecule has 0 aliphatic carbocycles. The van der Waals surface area contributed by atoms with Crippen molar-refractivity contribution in [3.63, 3.8) is 0 Å². The van der Waals surface area contributed by atoms with Crippen LogP contribution in [0.5, 0.6) is 0 Å². The lowest BCUT2D eigenvalue weighted by Gasteiger charge is -2.30. The molecule has 23 heavy (non-hydrogen) atoms. The van der Waals surface area contributed by atoms with Gasteiger partial charge in [0.15, 0.2) is 0 Å². The van der Waals surface area contributed by atoms with Crippen LogP contribution in [0.3, 0.4) is 0 Å². The summed E-state index contributed by atoms with van der Waals surface area (Å²) in [6.07, 6.45) is 2.52. The van der Waals surface area contributed by atoms with Gasteiger partial charge < -0.3 is 10.1 Å². The molecule has 1 aromatic carbocycles. The molecule has 1 saturated heterocycles. The van der Waals surface area contributed by atoms with Gasteiger partial charge in [0.05, 0.1) is 12.6 Å². The average molecular weight is 332 g/mol. The number of amides is 1. The second-order valence-corrected chi connectivity index (χ2v) is 6.62. The second kappa shape index (κ2) is 7.63. The molecule has 7 heteroatoms. The Labute approximate surface area is 139 Å². The molecule has 1 fully saturated rings. The van der Waals surface area contributed by atoms with Crippen LogP contribution in [0.1, 0.15) is 27.7 Å². The van der Waals surface area contributed by atoms with Gasteiger partial charge in [0.1, 0.15) is 5.01 Å². The van der Waals surface area contributed by atoms with Gasteiger partial charge in [0.2, 0.25) is 5.01 Å². The number of aromatic nitrogens is 2. The number of nitrogens with zero attached hydrogens (tertiary/aromatic N) is 3. The van der Waals surface area contributed by atoms with Crippen molar-refractivity contribution in [1.29, 1.82) is 0 Å². The second-order valence-electron chi connectivity index (χ2n) is 5.56. The number of benzene rings is 1. The van der Waals surface area contributed by atoms with E-state index in [0.29, 0.717) is 5.01 Å². The molecular formula is C16H20N4O2S. The summed E-state index contributed by atoms with van der Waals surface area (Å²) in [5.41, 5.74) is 0.758. The maximum atomic E-state index is 12.2. The lowest BCUT2D eigenvalue weighted by molar-refractivity contribution is 0.0285. The van der Waals surface area contributed by atoms with Crippen LogP contribution in [-0.2, 0) is 11.3 Å². The number of para-hydroxylation sites is 1. The van der Waals surface area contributed by atoms with E-state index in [1.165, 1.54) is 11.3 Å². The van der Waals surface area contributed by atoms with Gasteiger partial charge in [-0.05, 0) is 31.5 Å². The van der Waals surface area contributed by atoms with E-state index >= 15 is 0 Å². The predicted molar refractivity (Wildman–Crippen MR) is 89.6 cm³/mol. The highest BCUT2D eigenvalue weighted by Crippen LogP contribution is 2.18. The van der Waals surface area contributed by atoms with Crippen LogP contribution in [0.15, 0.2) is 30.3 Å². The van der Waals surface area contributed by atoms with Crippen LogP contribution in [0.25, 0.3) is 0 Å². The molecule has 0 radical (unpaired) electrons. The molecule has 1 aromatic heterocycles. The van der Waals surface area contributed by atoms with Crippen LogP contribution in [0, 0.1) is 0 Å². The standard InChI is InChI=1S/C16H20N4O2S/c1-22-13-8-5-9-20(10-13)11-14-18-19-16(23-14)15(21)17-12-6-3-2-4-7-12/h2-4,6-7,13H,5,8-11H2,1H3,(H,17,21)/t13-/m0/s1. The van der Waals surface area contributed by atoms with Gasteiger partial charge in [-0.3, -0.25) is 9.69 Å². The molecule has 0 bridgehead atoms. The summed E-state index contributed by atoms with van der Waals surface area (Å²) in [5.74, 6) is -0.214. The minimum atomic E-state index is -0.214. The summed E-state index contributed by atoms with van der Waals surface area (Å²) in [6, 6.07) is 9.36. The average Bonchev–Trinajstić information content (AvgIpc) is 3.04. The van der Waals surface area contributed by atoms with Gasteiger partial charge in [-0.25, -0.2) is 0 Å². The fourth-order valence-electron chi connectivity index (χ4n) is 2.66. The van der Waals surface area contributed by atoms with Gasteiger partial charge in [0.25, 0.3) is 5.91 Å². The number of likely N-dealkylation sites (tertiary alicyclic amines) is 1. The number of methoxy groups -OCH3 is 1. The van der Waals surface area contributed by atoms with E-state index in [2.05, 4.69) is 20.4 Å². The minimum Gasteiger partial charge on any atom is -0.380 e. The zero-order valence-corrected chi connectivity index (χ0v) is 13.9. The molecule has 1 atom stereocenters. The van der Waals surface area contributed by atoms with Crippen LogP contribution in [0.4, 0.5) is 5.69 Å². The molecule has 122 valence electrons. The number of hydrogen-bond donors (Lipinski definition) is 1. The van der Waals surface area contributed by atoms with Gasteiger partial charge in [-0.2, -0.15) is 0 Å². The van der Waals surface area contributed by atoms with Crippen LogP contribution >= 0.6 is 11.3 Å². The molecule has 1 aliphatic rings. The molecule has 2 heterocycles. The van der Waals surface area contributed by atoms with Crippen molar-refractivity contribution in [2.45, 2.75) is 25.5 Å². The fraction of sp³-hybridized carbons (Fsp3) is 0.438. The number of nitrogens with one attached hydrogen (secondary N) is 1. The van der Waals surface area contributed by atoms with E-state index in [0.717, 1.165) is 43.2 Å². The summed E-state index contributed by atoms with van der Waals surface area (Å²) in [7, 11) is 1.76. The zero-order valence-electron chi connectivity index (χ0n) is 13.1. The predicted octanol–water partition coefficient (Wildman–Crippen LogP) is 2.40. The first kappa shape index (κ1) is 16.0. The van der Waals surface area contributed by atoms with E-state index < -0.39 is 0 Å². The van der Waals surface area contributed by atoms with Crippen molar-refractivity contribution >= 4 is 22.9 Å². The van der Waals surface area contributed by atoms with E-state index in [1.807, 2.05) is 30.3 Å². The lowest BCUT2D eigenvalue weighted by Crippen LogP contribution is -2.38. The number of carbonyl (C=O) groups is 1. The molecule has 6 nitrogen and oxygen atoms in total. The van der Waals surface area contributed by atoms with Crippen molar-refractivity contribution in [3.05, 3.63) is 40.3 Å². The molecule has 0 unspecified atom stereocenters. The van der Waals surface area contributed by atoms with Gasteiger partial charge in [-0.1, -0.05) is 29.5 Å². The Kier molecular flexibility index (Phi) is 5.32. The van der Waals surface area contributed by atoms with Crippen molar-refractivity contribution in [3.8, 4) is 0 Å². The highest BCUT2D eigenvalue weighted by atomic mass is 32.1. The largest absolute Gasteiger partial charge is 0.380 e. The summed E-state index contributed by atoms with van der Waals surface area (Å²) < 4.78 is 5.43. The molecule has 3 rings (SSSR count). The SMILES string of the molecule is CO[C@H]1CCCN(Cc2nnc(C(=O)Nc3ccccc3)s2)C1. The molecule has 1 N–H and O–H groups in total. The normalized spacial score (nSPS) is 18.7. The number of ether oxygens (including phenoxy) is 1. The molecule has 1 amide bonds. The number of piperidine rings is 1. The monoisotopic (exact) mass is 332 g/mol. The summed E-state index contributed by atoms with van der Waals surface area (Å²) >= 11 is 1.35. The van der Waals surface area contributed by atoms with E-state index in [9.17, 15) is 4.79 Å². The Morgan fingerprint density at radius 2 is 2.22 bits per heavy atom. The number of hydrogen-bond acceptors (Lipinski definition) is 6. The first-order chi connectivity index (χ1) is 11.2. The van der Waals surface area contributed by atoms with Gasteiger partial charge in [0, 0.05) is 19.3 Å². The molecular weight excluding hydrogens is 312 g/mol. The van der Waals surface area contributed by atoms with Crippen LogP contribution in [0.2, 0.25) is 0 Å². The molecule has 0 spiro atoms. The summed E-state index contributed by atoms with van der Waals surface area (Å²) in [5, 5.41) is 12.2. The first-order valence-electron chi connectivity index (χ1n) is 7.68. The van der Waals surface area contributed by atoms with Crippen LogP contribution < -0.4 is 5.32 Å². The fourth-order valence-corrected chi connectivity index (χ4v) is 3.43.